The maximum absolute atomic E-state index is 13.0. The fraction of sp³-hybridized carbons (Fsp3) is 0.281. The second-order valence-corrected chi connectivity index (χ2v) is 11.6. The Hall–Kier alpha value is -4.41. The summed E-state index contributed by atoms with van der Waals surface area (Å²) in [4.78, 5) is 39.9. The standard InChI is InChI=1S/C32H31BN2O7/c1-31(2)32(3,4)42-33(41-31)20(16-19-10-9-15-26-27(19)28(36)40-30(38)35-26)17-34-29(37)39-18-25-23-13-7-5-11-21(23)22-12-6-8-14-24(22)25/h5-16,25H,17-18H2,1-4H3,(H,34,37)(H,35,38). The zero-order chi connectivity index (χ0) is 29.6. The van der Waals surface area contributed by atoms with E-state index < -0.39 is 35.8 Å². The summed E-state index contributed by atoms with van der Waals surface area (Å²) in [5.74, 6) is -0.907. The number of carbonyl (C=O) groups excluding carboxylic acids is 1. The van der Waals surface area contributed by atoms with E-state index in [4.69, 9.17) is 18.5 Å². The summed E-state index contributed by atoms with van der Waals surface area (Å²) in [6, 6.07) is 21.3. The van der Waals surface area contributed by atoms with Gasteiger partial charge >= 0.3 is 24.6 Å². The van der Waals surface area contributed by atoms with Crippen LogP contribution in [-0.2, 0) is 14.0 Å². The molecule has 6 rings (SSSR count). The molecule has 0 spiro atoms. The van der Waals surface area contributed by atoms with Crippen LogP contribution in [0.15, 0.2) is 86.2 Å². The van der Waals surface area contributed by atoms with Gasteiger partial charge in [0.05, 0.1) is 22.1 Å². The average molecular weight is 566 g/mol. The number of alkyl carbamates (subject to hydrolysis) is 1. The van der Waals surface area contributed by atoms with Gasteiger partial charge in [-0.05, 0) is 67.1 Å². The van der Waals surface area contributed by atoms with Gasteiger partial charge in [-0.2, -0.15) is 0 Å². The van der Waals surface area contributed by atoms with Gasteiger partial charge in [0, 0.05) is 12.5 Å². The number of fused-ring (bicyclic) bond motifs is 4. The van der Waals surface area contributed by atoms with E-state index in [1.165, 1.54) is 0 Å². The molecule has 0 atom stereocenters. The van der Waals surface area contributed by atoms with Crippen LogP contribution in [0.5, 0.6) is 0 Å². The van der Waals surface area contributed by atoms with Crippen LogP contribution in [0.4, 0.5) is 4.79 Å². The number of aromatic amines is 1. The first-order valence-corrected chi connectivity index (χ1v) is 13.9. The van der Waals surface area contributed by atoms with Crippen molar-refractivity contribution in [2.75, 3.05) is 13.2 Å². The molecule has 214 valence electrons. The molecule has 4 aromatic rings. The lowest BCUT2D eigenvalue weighted by molar-refractivity contribution is 0.00578. The minimum atomic E-state index is -0.836. The SMILES string of the molecule is CC1(C)OB(C(=Cc2cccc3[nH]c(=O)oc(=O)c23)CNC(=O)OCC2c3ccccc3-c3ccccc32)OC1(C)C. The molecule has 3 aromatic carbocycles. The van der Waals surface area contributed by atoms with Gasteiger partial charge in [0.25, 0.3) is 0 Å². The van der Waals surface area contributed by atoms with Crippen molar-refractivity contribution in [1.29, 1.82) is 0 Å². The Bertz CT molecular complexity index is 1780. The Balaban J connectivity index is 1.25. The second-order valence-electron chi connectivity index (χ2n) is 11.6. The minimum absolute atomic E-state index is 0.0264. The van der Waals surface area contributed by atoms with Crippen LogP contribution in [0, 0.1) is 0 Å². The van der Waals surface area contributed by atoms with E-state index in [2.05, 4.69) is 34.6 Å². The molecule has 10 heteroatoms. The van der Waals surface area contributed by atoms with Gasteiger partial charge in [-0.15, -0.1) is 0 Å². The van der Waals surface area contributed by atoms with Crippen LogP contribution in [0.3, 0.4) is 0 Å². The number of ether oxygens (including phenoxy) is 1. The maximum Gasteiger partial charge on any atom is 0.492 e. The van der Waals surface area contributed by atoms with Crippen molar-refractivity contribution in [3.05, 3.63) is 110 Å². The van der Waals surface area contributed by atoms with E-state index in [-0.39, 0.29) is 24.5 Å². The Morgan fingerprint density at radius 2 is 1.55 bits per heavy atom. The van der Waals surface area contributed by atoms with Crippen LogP contribution in [0.25, 0.3) is 28.1 Å². The number of aromatic nitrogens is 1. The molecule has 1 saturated heterocycles. The highest BCUT2D eigenvalue weighted by Crippen LogP contribution is 2.44. The fourth-order valence-electron chi connectivity index (χ4n) is 5.51. The van der Waals surface area contributed by atoms with Crippen LogP contribution < -0.4 is 16.7 Å². The van der Waals surface area contributed by atoms with E-state index >= 15 is 0 Å². The quantitative estimate of drug-likeness (QED) is 0.314. The predicted octanol–water partition coefficient (Wildman–Crippen LogP) is 5.03. The number of amides is 1. The molecular formula is C32H31BN2O7. The summed E-state index contributed by atoms with van der Waals surface area (Å²) in [6.07, 6.45) is 1.12. The zero-order valence-corrected chi connectivity index (χ0v) is 23.9. The lowest BCUT2D eigenvalue weighted by Gasteiger charge is -2.32. The summed E-state index contributed by atoms with van der Waals surface area (Å²) in [6.45, 7) is 7.93. The normalized spacial score (nSPS) is 17.2. The van der Waals surface area contributed by atoms with E-state index in [0.717, 1.165) is 22.3 Å². The largest absolute Gasteiger partial charge is 0.492 e. The third kappa shape index (κ3) is 4.97. The fourth-order valence-corrected chi connectivity index (χ4v) is 5.51. The molecule has 1 aromatic heterocycles. The topological polar surface area (TPSA) is 120 Å². The van der Waals surface area contributed by atoms with Gasteiger partial charge in [-0.1, -0.05) is 66.7 Å². The second kappa shape index (κ2) is 10.5. The summed E-state index contributed by atoms with van der Waals surface area (Å²) >= 11 is 0. The average Bonchev–Trinajstić information content (AvgIpc) is 3.38. The van der Waals surface area contributed by atoms with Crippen molar-refractivity contribution in [3.63, 3.8) is 0 Å². The van der Waals surface area contributed by atoms with Gasteiger partial charge < -0.3 is 23.8 Å². The Morgan fingerprint density at radius 1 is 0.929 bits per heavy atom. The lowest BCUT2D eigenvalue weighted by atomic mass is 9.76. The summed E-state index contributed by atoms with van der Waals surface area (Å²) in [7, 11) is -0.811. The monoisotopic (exact) mass is 566 g/mol. The van der Waals surface area contributed by atoms with Crippen molar-refractivity contribution in [3.8, 4) is 11.1 Å². The molecule has 0 radical (unpaired) electrons. The first-order valence-electron chi connectivity index (χ1n) is 13.9. The molecule has 2 aliphatic rings. The van der Waals surface area contributed by atoms with E-state index in [9.17, 15) is 14.4 Å². The first kappa shape index (κ1) is 27.7. The Labute approximate surface area is 242 Å². The van der Waals surface area contributed by atoms with Gasteiger partial charge in [0.2, 0.25) is 0 Å². The van der Waals surface area contributed by atoms with Gasteiger partial charge in [-0.25, -0.2) is 14.4 Å². The number of hydrogen-bond acceptors (Lipinski definition) is 7. The van der Waals surface area contributed by atoms with Crippen molar-refractivity contribution >= 4 is 30.2 Å². The molecule has 42 heavy (non-hydrogen) atoms. The predicted molar refractivity (Wildman–Crippen MR) is 160 cm³/mol. The first-order chi connectivity index (χ1) is 20.0. The number of benzene rings is 3. The molecule has 2 heterocycles. The van der Waals surface area contributed by atoms with Crippen LogP contribution in [0.1, 0.15) is 50.3 Å². The highest BCUT2D eigenvalue weighted by molar-refractivity contribution is 6.56. The molecule has 1 aliphatic carbocycles. The smallest absolute Gasteiger partial charge is 0.449 e. The molecule has 2 N–H and O–H groups in total. The third-order valence-corrected chi connectivity index (χ3v) is 8.40. The Morgan fingerprint density at radius 3 is 2.19 bits per heavy atom. The number of rotatable bonds is 6. The summed E-state index contributed by atoms with van der Waals surface area (Å²) < 4.78 is 23.0. The van der Waals surface area contributed by atoms with Crippen LogP contribution >= 0.6 is 0 Å². The van der Waals surface area contributed by atoms with Crippen molar-refractivity contribution < 1.29 is 23.3 Å². The minimum Gasteiger partial charge on any atom is -0.449 e. The van der Waals surface area contributed by atoms with Crippen LogP contribution in [0.2, 0.25) is 0 Å². The number of nitrogens with one attached hydrogen (secondary N) is 2. The maximum atomic E-state index is 13.0. The number of hydrogen-bond donors (Lipinski definition) is 2. The van der Waals surface area contributed by atoms with Crippen molar-refractivity contribution in [2.45, 2.75) is 44.8 Å². The van der Waals surface area contributed by atoms with Gasteiger partial charge in [0.1, 0.15) is 6.61 Å². The lowest BCUT2D eigenvalue weighted by Crippen LogP contribution is -2.41. The van der Waals surface area contributed by atoms with Crippen LogP contribution in [-0.4, -0.2) is 42.5 Å². The van der Waals surface area contributed by atoms with Gasteiger partial charge in [0.15, 0.2) is 0 Å². The summed E-state index contributed by atoms with van der Waals surface area (Å²) in [5.41, 5.74) is 3.88. The number of carbonyl (C=O) groups is 1. The summed E-state index contributed by atoms with van der Waals surface area (Å²) in [5, 5.41) is 3.03. The Kier molecular flexibility index (Phi) is 6.91. The zero-order valence-electron chi connectivity index (χ0n) is 23.9. The van der Waals surface area contributed by atoms with E-state index in [1.807, 2.05) is 52.0 Å². The highest BCUT2D eigenvalue weighted by Gasteiger charge is 2.52. The van der Waals surface area contributed by atoms with Crippen molar-refractivity contribution in [2.24, 2.45) is 0 Å². The molecule has 1 fully saturated rings. The highest BCUT2D eigenvalue weighted by atomic mass is 16.7. The van der Waals surface area contributed by atoms with Gasteiger partial charge in [-0.3, -0.25) is 4.98 Å². The van der Waals surface area contributed by atoms with Crippen molar-refractivity contribution in [1.82, 2.24) is 10.3 Å². The van der Waals surface area contributed by atoms with E-state index in [1.54, 1.807) is 24.3 Å². The molecule has 0 bridgehead atoms. The van der Waals surface area contributed by atoms with E-state index in [0.29, 0.717) is 16.6 Å². The molecule has 9 nitrogen and oxygen atoms in total. The molecule has 0 saturated carbocycles. The molecule has 1 aliphatic heterocycles. The number of H-pyrrole nitrogens is 1. The molecule has 1 amide bonds. The molecule has 0 unspecified atom stereocenters. The molecular weight excluding hydrogens is 535 g/mol. The third-order valence-electron chi connectivity index (χ3n) is 8.40.